The average molecular weight is 285 g/mol. The van der Waals surface area contributed by atoms with Crippen LogP contribution in [0, 0.1) is 5.82 Å². The molecule has 0 aromatic heterocycles. The quantitative estimate of drug-likeness (QED) is 0.761. The highest BCUT2D eigenvalue weighted by atomic mass is 19.1. The summed E-state index contributed by atoms with van der Waals surface area (Å²) >= 11 is 0. The Kier molecular flexibility index (Phi) is 4.66. The lowest BCUT2D eigenvalue weighted by Gasteiger charge is -2.27. The average Bonchev–Trinajstić information content (AvgIpc) is 2.45. The van der Waals surface area contributed by atoms with Crippen LogP contribution in [0.3, 0.4) is 0 Å². The first-order valence-electron chi connectivity index (χ1n) is 7.53. The summed E-state index contributed by atoms with van der Waals surface area (Å²) in [5.41, 5.74) is 3.65. The third kappa shape index (κ3) is 3.84. The maximum atomic E-state index is 13.1. The van der Waals surface area contributed by atoms with Crippen LogP contribution < -0.4 is 5.32 Å². The molecule has 0 aliphatic rings. The van der Waals surface area contributed by atoms with Crippen LogP contribution in [0.1, 0.15) is 51.3 Å². The van der Waals surface area contributed by atoms with Gasteiger partial charge in [-0.25, -0.2) is 4.39 Å². The summed E-state index contributed by atoms with van der Waals surface area (Å²) in [6.07, 6.45) is 0.949. The number of anilines is 1. The Morgan fingerprint density at radius 3 is 2.19 bits per heavy atom. The summed E-state index contributed by atoms with van der Waals surface area (Å²) in [5.74, 6) is -0.191. The highest BCUT2D eigenvalue weighted by Gasteiger charge is 2.19. The Balaban J connectivity index is 2.29. The van der Waals surface area contributed by atoms with Gasteiger partial charge in [-0.05, 0) is 41.2 Å². The van der Waals surface area contributed by atoms with E-state index in [0.29, 0.717) is 0 Å². The molecule has 0 bridgehead atoms. The molecule has 2 aromatic carbocycles. The lowest BCUT2D eigenvalue weighted by atomic mass is 9.85. The zero-order chi connectivity index (χ0) is 15.5. The number of para-hydroxylation sites is 1. The molecule has 0 aliphatic heterocycles. The van der Waals surface area contributed by atoms with Crippen LogP contribution in [-0.4, -0.2) is 0 Å². The molecule has 21 heavy (non-hydrogen) atoms. The Bertz CT molecular complexity index is 581. The van der Waals surface area contributed by atoms with Gasteiger partial charge in [0.05, 0.1) is 6.04 Å². The van der Waals surface area contributed by atoms with Gasteiger partial charge >= 0.3 is 0 Å². The van der Waals surface area contributed by atoms with Crippen molar-refractivity contribution in [1.29, 1.82) is 0 Å². The summed E-state index contributed by atoms with van der Waals surface area (Å²) in [4.78, 5) is 0. The number of benzene rings is 2. The van der Waals surface area contributed by atoms with Crippen molar-refractivity contribution in [1.82, 2.24) is 0 Å². The van der Waals surface area contributed by atoms with Gasteiger partial charge in [-0.3, -0.25) is 0 Å². The molecule has 0 saturated carbocycles. The van der Waals surface area contributed by atoms with E-state index in [4.69, 9.17) is 0 Å². The largest absolute Gasteiger partial charge is 0.378 e. The molecule has 2 rings (SSSR count). The van der Waals surface area contributed by atoms with Gasteiger partial charge in [0, 0.05) is 5.69 Å². The number of nitrogens with one attached hydrogen (secondary N) is 1. The molecule has 0 radical (unpaired) electrons. The van der Waals surface area contributed by atoms with E-state index < -0.39 is 0 Å². The van der Waals surface area contributed by atoms with Gasteiger partial charge < -0.3 is 5.32 Å². The van der Waals surface area contributed by atoms with Gasteiger partial charge in [-0.15, -0.1) is 0 Å². The summed E-state index contributed by atoms with van der Waals surface area (Å²) in [7, 11) is 0. The normalized spacial score (nSPS) is 13.0. The van der Waals surface area contributed by atoms with Gasteiger partial charge in [0.1, 0.15) is 5.82 Å². The van der Waals surface area contributed by atoms with Crippen LogP contribution in [0.25, 0.3) is 0 Å². The smallest absolute Gasteiger partial charge is 0.123 e. The lowest BCUT2D eigenvalue weighted by molar-refractivity contribution is 0.589. The summed E-state index contributed by atoms with van der Waals surface area (Å²) < 4.78 is 13.1. The number of halogens is 1. The van der Waals surface area contributed by atoms with E-state index in [1.807, 2.05) is 12.1 Å². The van der Waals surface area contributed by atoms with Crippen LogP contribution in [0.5, 0.6) is 0 Å². The van der Waals surface area contributed by atoms with Crippen LogP contribution in [0.2, 0.25) is 0 Å². The lowest BCUT2D eigenvalue weighted by Crippen LogP contribution is -2.17. The van der Waals surface area contributed by atoms with E-state index >= 15 is 0 Å². The van der Waals surface area contributed by atoms with E-state index in [9.17, 15) is 4.39 Å². The zero-order valence-corrected chi connectivity index (χ0v) is 13.3. The molecule has 1 nitrogen and oxygen atoms in total. The van der Waals surface area contributed by atoms with Crippen molar-refractivity contribution in [2.24, 2.45) is 0 Å². The van der Waals surface area contributed by atoms with Gasteiger partial charge in [0.25, 0.3) is 0 Å². The molecular formula is C19H24FN. The molecule has 112 valence electrons. The number of hydrogen-bond acceptors (Lipinski definition) is 1. The first kappa shape index (κ1) is 15.6. The van der Waals surface area contributed by atoms with Gasteiger partial charge in [-0.2, -0.15) is 0 Å². The van der Waals surface area contributed by atoms with Gasteiger partial charge in [-0.1, -0.05) is 58.0 Å². The molecule has 1 unspecified atom stereocenters. The first-order valence-corrected chi connectivity index (χ1v) is 7.53. The minimum atomic E-state index is -0.191. The molecular weight excluding hydrogens is 261 g/mol. The fourth-order valence-corrected chi connectivity index (χ4v) is 2.57. The fourth-order valence-electron chi connectivity index (χ4n) is 2.57. The molecule has 0 aliphatic carbocycles. The Hall–Kier alpha value is -1.83. The molecule has 2 heteroatoms. The van der Waals surface area contributed by atoms with Crippen LogP contribution >= 0.6 is 0 Å². The second kappa shape index (κ2) is 6.30. The summed E-state index contributed by atoms with van der Waals surface area (Å²) in [5, 5.41) is 3.62. The zero-order valence-electron chi connectivity index (χ0n) is 13.3. The maximum Gasteiger partial charge on any atom is 0.123 e. The van der Waals surface area contributed by atoms with Crippen LogP contribution in [-0.2, 0) is 5.41 Å². The van der Waals surface area contributed by atoms with Crippen molar-refractivity contribution in [3.8, 4) is 0 Å². The molecule has 0 fully saturated rings. The third-order valence-electron chi connectivity index (χ3n) is 3.75. The minimum Gasteiger partial charge on any atom is -0.378 e. The topological polar surface area (TPSA) is 12.0 Å². The van der Waals surface area contributed by atoms with E-state index in [1.165, 1.54) is 17.7 Å². The Morgan fingerprint density at radius 2 is 1.62 bits per heavy atom. The predicted molar refractivity (Wildman–Crippen MR) is 88.2 cm³/mol. The molecule has 0 amide bonds. The van der Waals surface area contributed by atoms with Gasteiger partial charge in [0.2, 0.25) is 0 Å². The van der Waals surface area contributed by atoms with Crippen LogP contribution in [0.15, 0.2) is 48.5 Å². The number of hydrogen-bond donors (Lipinski definition) is 1. The van der Waals surface area contributed by atoms with Crippen LogP contribution in [0.4, 0.5) is 10.1 Å². The monoisotopic (exact) mass is 285 g/mol. The van der Waals surface area contributed by atoms with Crippen molar-refractivity contribution < 1.29 is 4.39 Å². The summed E-state index contributed by atoms with van der Waals surface area (Å²) in [6, 6.07) is 15.4. The highest BCUT2D eigenvalue weighted by molar-refractivity contribution is 5.55. The highest BCUT2D eigenvalue weighted by Crippen LogP contribution is 2.32. The number of rotatable bonds is 4. The maximum absolute atomic E-state index is 13.1. The predicted octanol–water partition coefficient (Wildman–Crippen LogP) is 5.69. The van der Waals surface area contributed by atoms with Crippen molar-refractivity contribution in [3.05, 3.63) is 65.5 Å². The molecule has 0 spiro atoms. The second-order valence-corrected chi connectivity index (χ2v) is 6.45. The van der Waals surface area contributed by atoms with Crippen molar-refractivity contribution in [3.63, 3.8) is 0 Å². The van der Waals surface area contributed by atoms with E-state index in [-0.39, 0.29) is 17.3 Å². The van der Waals surface area contributed by atoms with E-state index in [1.54, 1.807) is 0 Å². The SMILES string of the molecule is CCC(Nc1ccccc1C(C)(C)C)c1ccc(F)cc1. The molecule has 1 N–H and O–H groups in total. The van der Waals surface area contributed by atoms with E-state index in [2.05, 4.69) is 57.3 Å². The van der Waals surface area contributed by atoms with Crippen molar-refractivity contribution >= 4 is 5.69 Å². The molecule has 2 aromatic rings. The Morgan fingerprint density at radius 1 is 1.00 bits per heavy atom. The minimum absolute atomic E-state index is 0.0880. The Labute approximate surface area is 127 Å². The second-order valence-electron chi connectivity index (χ2n) is 6.45. The first-order chi connectivity index (χ1) is 9.91. The van der Waals surface area contributed by atoms with Crippen molar-refractivity contribution in [2.75, 3.05) is 5.32 Å². The summed E-state index contributed by atoms with van der Waals surface area (Å²) in [6.45, 7) is 8.78. The fraction of sp³-hybridized carbons (Fsp3) is 0.368. The standard InChI is InChI=1S/C19H24FN/c1-5-17(14-10-12-15(20)13-11-14)21-18-9-7-6-8-16(18)19(2,3)4/h6-13,17,21H,5H2,1-4H3. The van der Waals surface area contributed by atoms with Gasteiger partial charge in [0.15, 0.2) is 0 Å². The third-order valence-corrected chi connectivity index (χ3v) is 3.75. The van der Waals surface area contributed by atoms with Crippen molar-refractivity contribution in [2.45, 2.75) is 45.6 Å². The van der Waals surface area contributed by atoms with E-state index in [0.717, 1.165) is 17.7 Å². The molecule has 0 saturated heterocycles. The molecule has 0 heterocycles. The molecule has 1 atom stereocenters.